The van der Waals surface area contributed by atoms with Gasteiger partial charge in [-0.1, -0.05) is 73.5 Å². The third-order valence-electron chi connectivity index (χ3n) is 8.59. The van der Waals surface area contributed by atoms with Crippen LogP contribution in [0.4, 0.5) is 4.79 Å². The zero-order valence-corrected chi connectivity index (χ0v) is 21.2. The zero-order valence-electron chi connectivity index (χ0n) is 21.2. The van der Waals surface area contributed by atoms with Gasteiger partial charge in [-0.15, -0.1) is 0 Å². The van der Waals surface area contributed by atoms with E-state index in [9.17, 15) is 4.79 Å². The summed E-state index contributed by atoms with van der Waals surface area (Å²) in [7, 11) is 1.53. The highest BCUT2D eigenvalue weighted by atomic mass is 16.5. The third kappa shape index (κ3) is 5.90. The highest BCUT2D eigenvalue weighted by Crippen LogP contribution is 2.35. The van der Waals surface area contributed by atoms with Gasteiger partial charge in [-0.2, -0.15) is 0 Å². The smallest absolute Gasteiger partial charge is 0.409 e. The highest BCUT2D eigenvalue weighted by molar-refractivity contribution is 5.67. The second-order valence-electron chi connectivity index (χ2n) is 10.8. The number of likely N-dealkylation sites (tertiary alicyclic amines) is 2. The molecule has 5 nitrogen and oxygen atoms in total. The van der Waals surface area contributed by atoms with E-state index in [1.54, 1.807) is 0 Å². The average Bonchev–Trinajstić information content (AvgIpc) is 3.58. The minimum Gasteiger partial charge on any atom is -0.453 e. The van der Waals surface area contributed by atoms with Gasteiger partial charge in [-0.05, 0) is 42.7 Å². The van der Waals surface area contributed by atoms with Crippen LogP contribution in [0.5, 0.6) is 0 Å². The lowest BCUT2D eigenvalue weighted by molar-refractivity contribution is 0.0582. The van der Waals surface area contributed by atoms with Crippen molar-refractivity contribution in [2.24, 2.45) is 5.92 Å². The number of ether oxygens (including phenoxy) is 1. The number of methoxy groups -OCH3 is 1. The van der Waals surface area contributed by atoms with E-state index in [4.69, 9.17) is 4.74 Å². The lowest BCUT2D eigenvalue weighted by Gasteiger charge is -2.42. The Kier molecular flexibility index (Phi) is 8.05. The maximum Gasteiger partial charge on any atom is 0.409 e. The van der Waals surface area contributed by atoms with E-state index in [0.29, 0.717) is 23.9 Å². The van der Waals surface area contributed by atoms with Crippen LogP contribution < -0.4 is 0 Å². The van der Waals surface area contributed by atoms with Crippen molar-refractivity contribution >= 4 is 6.09 Å². The molecule has 1 saturated carbocycles. The van der Waals surface area contributed by atoms with Crippen molar-refractivity contribution in [2.75, 3.05) is 39.8 Å². The Morgan fingerprint density at radius 3 is 2.23 bits per heavy atom. The number of rotatable bonds is 7. The third-order valence-corrected chi connectivity index (χ3v) is 8.59. The fourth-order valence-electron chi connectivity index (χ4n) is 6.72. The maximum atomic E-state index is 12.7. The predicted octanol–water partition coefficient (Wildman–Crippen LogP) is 5.38. The molecule has 2 heterocycles. The van der Waals surface area contributed by atoms with Gasteiger partial charge in [0.25, 0.3) is 0 Å². The van der Waals surface area contributed by atoms with Crippen molar-refractivity contribution in [3.63, 3.8) is 0 Å². The molecule has 35 heavy (non-hydrogen) atoms. The van der Waals surface area contributed by atoms with E-state index in [2.05, 4.69) is 75.4 Å². The van der Waals surface area contributed by atoms with E-state index in [1.807, 2.05) is 0 Å². The Hall–Kier alpha value is -2.37. The Morgan fingerprint density at radius 1 is 0.914 bits per heavy atom. The Labute approximate surface area is 211 Å². The number of amides is 1. The first-order chi connectivity index (χ1) is 17.2. The average molecular weight is 476 g/mol. The molecule has 2 aliphatic heterocycles. The molecule has 0 radical (unpaired) electrons. The second-order valence-corrected chi connectivity index (χ2v) is 10.8. The molecule has 188 valence electrons. The largest absolute Gasteiger partial charge is 0.453 e. The molecule has 5 heteroatoms. The van der Waals surface area contributed by atoms with Crippen LogP contribution in [-0.2, 0) is 11.3 Å². The normalized spacial score (nSPS) is 24.6. The van der Waals surface area contributed by atoms with Gasteiger partial charge in [0.1, 0.15) is 0 Å². The summed E-state index contributed by atoms with van der Waals surface area (Å²) in [5.41, 5.74) is 2.84. The van der Waals surface area contributed by atoms with Crippen molar-refractivity contribution in [1.29, 1.82) is 0 Å². The van der Waals surface area contributed by atoms with E-state index in [-0.39, 0.29) is 6.09 Å². The fourth-order valence-corrected chi connectivity index (χ4v) is 6.72. The van der Waals surface area contributed by atoms with Gasteiger partial charge in [-0.25, -0.2) is 4.79 Å². The molecular formula is C30H41N3O2. The van der Waals surface area contributed by atoms with Gasteiger partial charge >= 0.3 is 6.09 Å². The summed E-state index contributed by atoms with van der Waals surface area (Å²) in [4.78, 5) is 20.1. The topological polar surface area (TPSA) is 36.0 Å². The van der Waals surface area contributed by atoms with E-state index in [0.717, 1.165) is 52.1 Å². The van der Waals surface area contributed by atoms with Crippen LogP contribution in [0, 0.1) is 5.92 Å². The molecule has 0 bridgehead atoms. The summed E-state index contributed by atoms with van der Waals surface area (Å²) in [6.07, 6.45) is 7.07. The van der Waals surface area contributed by atoms with Gasteiger partial charge in [0.05, 0.1) is 7.11 Å². The molecule has 0 unspecified atom stereocenters. The van der Waals surface area contributed by atoms with Crippen LogP contribution in [0.25, 0.3) is 0 Å². The molecule has 2 saturated heterocycles. The van der Waals surface area contributed by atoms with Crippen LogP contribution in [0.1, 0.15) is 55.6 Å². The first kappa shape index (κ1) is 24.3. The zero-order chi connectivity index (χ0) is 24.0. The second kappa shape index (κ2) is 11.6. The van der Waals surface area contributed by atoms with Crippen LogP contribution in [0.15, 0.2) is 60.7 Å². The number of benzene rings is 2. The molecule has 1 amide bonds. The number of nitrogens with zero attached hydrogens (tertiary/aromatic N) is 3. The van der Waals surface area contributed by atoms with Crippen LogP contribution in [0.2, 0.25) is 0 Å². The van der Waals surface area contributed by atoms with Gasteiger partial charge < -0.3 is 9.64 Å². The first-order valence-electron chi connectivity index (χ1n) is 13.6. The molecule has 5 rings (SSSR count). The van der Waals surface area contributed by atoms with Crippen LogP contribution in [-0.4, -0.2) is 72.7 Å². The number of carbonyl (C=O) groups is 1. The molecule has 3 aliphatic rings. The number of carbonyl (C=O) groups excluding carboxylic acids is 1. The van der Waals surface area contributed by atoms with E-state index < -0.39 is 0 Å². The minimum atomic E-state index is -0.132. The Bertz CT molecular complexity index is 923. The van der Waals surface area contributed by atoms with Crippen molar-refractivity contribution in [3.05, 3.63) is 71.8 Å². The summed E-state index contributed by atoms with van der Waals surface area (Å²) in [5.74, 6) is 1.17. The molecule has 0 aromatic heterocycles. The fraction of sp³-hybridized carbons (Fsp3) is 0.567. The van der Waals surface area contributed by atoms with Gasteiger partial charge in [0.2, 0.25) is 0 Å². The minimum absolute atomic E-state index is 0.132. The highest BCUT2D eigenvalue weighted by Gasteiger charge is 2.40. The van der Waals surface area contributed by atoms with Gasteiger partial charge in [-0.3, -0.25) is 9.80 Å². The lowest BCUT2D eigenvalue weighted by atomic mass is 9.91. The summed E-state index contributed by atoms with van der Waals surface area (Å²) in [6, 6.07) is 22.7. The molecule has 2 atom stereocenters. The summed E-state index contributed by atoms with van der Waals surface area (Å²) >= 11 is 0. The molecule has 0 spiro atoms. The molecule has 3 fully saturated rings. The number of piperidine rings is 1. The van der Waals surface area contributed by atoms with E-state index >= 15 is 0 Å². The van der Waals surface area contributed by atoms with Crippen molar-refractivity contribution in [2.45, 2.75) is 63.1 Å². The molecule has 1 aliphatic carbocycles. The summed E-state index contributed by atoms with van der Waals surface area (Å²) in [5, 5.41) is 0. The maximum absolute atomic E-state index is 12.7. The molecule has 2 aromatic carbocycles. The Balaban J connectivity index is 1.25. The predicted molar refractivity (Wildman–Crippen MR) is 140 cm³/mol. The van der Waals surface area contributed by atoms with Gasteiger partial charge in [0.15, 0.2) is 0 Å². The molecule has 2 aromatic rings. The standard InChI is InChI=1S/C30H41N3O2/c1-35-30(34)33(21-25-12-8-9-13-25)27-16-18-32(19-17-27)29-23-31(20-24-10-4-2-5-11-24)22-28(29)26-14-6-3-7-15-26/h2-7,10-11,14-15,25,27-29H,8-9,12-13,16-23H2,1H3/t28-,29+/m0/s1. The van der Waals surface area contributed by atoms with Crippen LogP contribution >= 0.6 is 0 Å². The molecular weight excluding hydrogens is 434 g/mol. The quantitative estimate of drug-likeness (QED) is 0.539. The Morgan fingerprint density at radius 2 is 1.57 bits per heavy atom. The van der Waals surface area contributed by atoms with Crippen molar-refractivity contribution in [3.8, 4) is 0 Å². The van der Waals surface area contributed by atoms with Crippen molar-refractivity contribution < 1.29 is 9.53 Å². The van der Waals surface area contributed by atoms with Crippen LogP contribution in [0.3, 0.4) is 0 Å². The summed E-state index contributed by atoms with van der Waals surface area (Å²) in [6.45, 7) is 6.18. The first-order valence-corrected chi connectivity index (χ1v) is 13.6. The summed E-state index contributed by atoms with van der Waals surface area (Å²) < 4.78 is 5.21. The lowest BCUT2D eigenvalue weighted by Crippen LogP contribution is -2.52. The van der Waals surface area contributed by atoms with Crippen molar-refractivity contribution in [1.82, 2.24) is 14.7 Å². The monoisotopic (exact) mass is 475 g/mol. The SMILES string of the molecule is COC(=O)N(CC1CCCC1)C1CCN([C@@H]2CN(Cc3ccccc3)C[C@H]2c2ccccc2)CC1. The number of hydrogen-bond donors (Lipinski definition) is 0. The number of hydrogen-bond acceptors (Lipinski definition) is 4. The molecule has 0 N–H and O–H groups in total. The van der Waals surface area contributed by atoms with E-state index in [1.165, 1.54) is 43.9 Å². The van der Waals surface area contributed by atoms with Gasteiger partial charge in [0, 0.05) is 57.3 Å².